The van der Waals surface area contributed by atoms with E-state index >= 15 is 0 Å². The molecule has 0 saturated heterocycles. The molecule has 7 heteroatoms. The number of benzene rings is 2. The zero-order chi connectivity index (χ0) is 18.8. The van der Waals surface area contributed by atoms with Crippen molar-refractivity contribution in [3.8, 4) is 22.8 Å². The molecule has 0 spiro atoms. The summed E-state index contributed by atoms with van der Waals surface area (Å²) < 4.78 is 7.27. The smallest absolute Gasteiger partial charge is 0.269 e. The van der Waals surface area contributed by atoms with Crippen molar-refractivity contribution in [3.05, 3.63) is 66.6 Å². The first kappa shape index (κ1) is 16.7. The summed E-state index contributed by atoms with van der Waals surface area (Å²) in [6.07, 6.45) is 1.61. The van der Waals surface area contributed by atoms with Crippen LogP contribution in [0.2, 0.25) is 0 Å². The molecule has 27 heavy (non-hydrogen) atoms. The summed E-state index contributed by atoms with van der Waals surface area (Å²) in [7, 11) is 0. The third-order valence-electron chi connectivity index (χ3n) is 4.09. The summed E-state index contributed by atoms with van der Waals surface area (Å²) in [5, 5.41) is 0. The highest BCUT2D eigenvalue weighted by atomic mass is 16.5. The van der Waals surface area contributed by atoms with Gasteiger partial charge in [0.15, 0.2) is 17.2 Å². The minimum Gasteiger partial charge on any atom is -0.494 e. The van der Waals surface area contributed by atoms with Gasteiger partial charge in [0, 0.05) is 11.3 Å². The standard InChI is InChI=1S/C20H17N5O2/c1-2-27-15-10-8-13(9-11-15)19-23-16(18(21)26)17-20(24-19)25(12-22-17)14-6-4-3-5-7-14/h3-12H,2H2,1H3,(H2,21,26). The van der Waals surface area contributed by atoms with Gasteiger partial charge < -0.3 is 10.5 Å². The van der Waals surface area contributed by atoms with Gasteiger partial charge in [-0.25, -0.2) is 15.0 Å². The van der Waals surface area contributed by atoms with Crippen molar-refractivity contribution in [1.29, 1.82) is 0 Å². The Labute approximate surface area is 155 Å². The highest BCUT2D eigenvalue weighted by molar-refractivity contribution is 6.02. The van der Waals surface area contributed by atoms with Crippen LogP contribution in [0, 0.1) is 0 Å². The summed E-state index contributed by atoms with van der Waals surface area (Å²) in [5.74, 6) is 0.511. The Hall–Kier alpha value is -3.74. The monoisotopic (exact) mass is 359 g/mol. The van der Waals surface area contributed by atoms with Gasteiger partial charge in [-0.15, -0.1) is 0 Å². The molecule has 0 atom stereocenters. The van der Waals surface area contributed by atoms with Crippen LogP contribution in [0.3, 0.4) is 0 Å². The molecule has 4 rings (SSSR count). The summed E-state index contributed by atoms with van der Waals surface area (Å²) in [6, 6.07) is 17.0. The molecule has 2 N–H and O–H groups in total. The van der Waals surface area contributed by atoms with Gasteiger partial charge in [0.2, 0.25) is 0 Å². The van der Waals surface area contributed by atoms with E-state index in [1.807, 2.05) is 66.1 Å². The number of ether oxygens (including phenoxy) is 1. The number of hydrogen-bond acceptors (Lipinski definition) is 5. The molecule has 2 aromatic heterocycles. The Bertz CT molecular complexity index is 1100. The molecule has 4 aromatic rings. The van der Waals surface area contributed by atoms with Crippen LogP contribution >= 0.6 is 0 Å². The fraction of sp³-hybridized carbons (Fsp3) is 0.100. The number of carbonyl (C=O) groups is 1. The van der Waals surface area contributed by atoms with Crippen molar-refractivity contribution >= 4 is 17.1 Å². The van der Waals surface area contributed by atoms with Crippen LogP contribution in [0.4, 0.5) is 0 Å². The van der Waals surface area contributed by atoms with Crippen LogP contribution in [-0.4, -0.2) is 32.0 Å². The minimum absolute atomic E-state index is 0.0959. The SMILES string of the molecule is CCOc1ccc(-c2nc(C(N)=O)c3ncn(-c4ccccc4)c3n2)cc1. The van der Waals surface area contributed by atoms with E-state index in [1.165, 1.54) is 0 Å². The Kier molecular flexibility index (Phi) is 4.25. The van der Waals surface area contributed by atoms with E-state index in [0.29, 0.717) is 23.6 Å². The molecular weight excluding hydrogens is 342 g/mol. The molecule has 0 fully saturated rings. The van der Waals surface area contributed by atoms with Crippen molar-refractivity contribution in [2.24, 2.45) is 5.73 Å². The van der Waals surface area contributed by atoms with Gasteiger partial charge in [-0.2, -0.15) is 0 Å². The lowest BCUT2D eigenvalue weighted by Crippen LogP contribution is -2.15. The van der Waals surface area contributed by atoms with Gasteiger partial charge in [-0.3, -0.25) is 9.36 Å². The molecule has 0 aliphatic carbocycles. The third kappa shape index (κ3) is 3.10. The van der Waals surface area contributed by atoms with E-state index < -0.39 is 5.91 Å². The minimum atomic E-state index is -0.645. The summed E-state index contributed by atoms with van der Waals surface area (Å²) in [4.78, 5) is 25.2. The lowest BCUT2D eigenvalue weighted by Gasteiger charge is -2.08. The zero-order valence-electron chi connectivity index (χ0n) is 14.7. The van der Waals surface area contributed by atoms with Crippen molar-refractivity contribution in [3.63, 3.8) is 0 Å². The molecule has 0 saturated carbocycles. The van der Waals surface area contributed by atoms with E-state index in [2.05, 4.69) is 15.0 Å². The second-order valence-electron chi connectivity index (χ2n) is 5.84. The van der Waals surface area contributed by atoms with Gasteiger partial charge in [0.05, 0.1) is 6.61 Å². The lowest BCUT2D eigenvalue weighted by molar-refractivity contribution is 0.0997. The number of nitrogens with two attached hydrogens (primary N) is 1. The van der Waals surface area contributed by atoms with E-state index in [0.717, 1.165) is 17.0 Å². The lowest BCUT2D eigenvalue weighted by atomic mass is 10.2. The molecule has 2 aromatic carbocycles. The van der Waals surface area contributed by atoms with E-state index in [-0.39, 0.29) is 5.69 Å². The number of para-hydroxylation sites is 1. The Morgan fingerprint density at radius 1 is 1.07 bits per heavy atom. The van der Waals surface area contributed by atoms with Crippen LogP contribution in [0.15, 0.2) is 60.9 Å². The summed E-state index contributed by atoms with van der Waals surface area (Å²) in [5.41, 5.74) is 8.17. The number of imidazole rings is 1. The third-order valence-corrected chi connectivity index (χ3v) is 4.09. The number of carbonyl (C=O) groups excluding carboxylic acids is 1. The second kappa shape index (κ2) is 6.87. The van der Waals surface area contributed by atoms with Crippen LogP contribution in [0.5, 0.6) is 5.75 Å². The van der Waals surface area contributed by atoms with Crippen LogP contribution in [0.25, 0.3) is 28.2 Å². The van der Waals surface area contributed by atoms with Gasteiger partial charge in [-0.05, 0) is 43.3 Å². The molecular formula is C20H17N5O2. The highest BCUT2D eigenvalue weighted by Crippen LogP contribution is 2.24. The molecule has 7 nitrogen and oxygen atoms in total. The molecule has 1 amide bonds. The largest absolute Gasteiger partial charge is 0.494 e. The first-order chi connectivity index (χ1) is 13.2. The van der Waals surface area contributed by atoms with Crippen LogP contribution in [0.1, 0.15) is 17.4 Å². The zero-order valence-corrected chi connectivity index (χ0v) is 14.7. The Balaban J connectivity index is 1.90. The fourth-order valence-electron chi connectivity index (χ4n) is 2.85. The molecule has 134 valence electrons. The van der Waals surface area contributed by atoms with Gasteiger partial charge >= 0.3 is 0 Å². The molecule has 0 aliphatic heterocycles. The first-order valence-corrected chi connectivity index (χ1v) is 8.51. The molecule has 0 radical (unpaired) electrons. The Morgan fingerprint density at radius 2 is 1.81 bits per heavy atom. The number of hydrogen-bond donors (Lipinski definition) is 1. The number of amides is 1. The maximum Gasteiger partial charge on any atom is 0.269 e. The van der Waals surface area contributed by atoms with E-state index in [4.69, 9.17) is 10.5 Å². The fourth-order valence-corrected chi connectivity index (χ4v) is 2.85. The van der Waals surface area contributed by atoms with Gasteiger partial charge in [0.25, 0.3) is 5.91 Å². The summed E-state index contributed by atoms with van der Waals surface area (Å²) in [6.45, 7) is 2.51. The summed E-state index contributed by atoms with van der Waals surface area (Å²) >= 11 is 0. The number of aromatic nitrogens is 4. The Morgan fingerprint density at radius 3 is 2.48 bits per heavy atom. The van der Waals surface area contributed by atoms with E-state index in [9.17, 15) is 4.79 Å². The normalized spacial score (nSPS) is 10.9. The quantitative estimate of drug-likeness (QED) is 0.591. The first-order valence-electron chi connectivity index (χ1n) is 8.51. The van der Waals surface area contributed by atoms with Crippen molar-refractivity contribution in [2.45, 2.75) is 6.92 Å². The number of fused-ring (bicyclic) bond motifs is 1. The molecule has 0 bridgehead atoms. The molecule has 0 unspecified atom stereocenters. The van der Waals surface area contributed by atoms with Crippen LogP contribution < -0.4 is 10.5 Å². The van der Waals surface area contributed by atoms with Gasteiger partial charge in [-0.1, -0.05) is 18.2 Å². The number of primary amides is 1. The van der Waals surface area contributed by atoms with Crippen molar-refractivity contribution in [2.75, 3.05) is 6.61 Å². The predicted octanol–water partition coefficient (Wildman–Crippen LogP) is 2.98. The highest BCUT2D eigenvalue weighted by Gasteiger charge is 2.18. The topological polar surface area (TPSA) is 95.9 Å². The number of rotatable bonds is 5. The van der Waals surface area contributed by atoms with Gasteiger partial charge in [0.1, 0.15) is 17.6 Å². The maximum atomic E-state index is 11.9. The molecule has 0 aliphatic rings. The van der Waals surface area contributed by atoms with Crippen molar-refractivity contribution in [1.82, 2.24) is 19.5 Å². The number of nitrogens with zero attached hydrogens (tertiary/aromatic N) is 4. The average molecular weight is 359 g/mol. The second-order valence-corrected chi connectivity index (χ2v) is 5.84. The average Bonchev–Trinajstić information content (AvgIpc) is 3.12. The van der Waals surface area contributed by atoms with E-state index in [1.54, 1.807) is 6.33 Å². The maximum absolute atomic E-state index is 11.9. The predicted molar refractivity (Wildman–Crippen MR) is 102 cm³/mol. The van der Waals surface area contributed by atoms with Crippen LogP contribution in [-0.2, 0) is 0 Å². The molecule has 2 heterocycles. The van der Waals surface area contributed by atoms with Crippen molar-refractivity contribution < 1.29 is 9.53 Å².